The molecule has 0 saturated carbocycles. The minimum Gasteiger partial charge on any atom is -0.493 e. The number of ketones is 1. The van der Waals surface area contributed by atoms with Crippen molar-refractivity contribution >= 4 is 33.3 Å². The number of rotatable bonds is 8. The molecule has 0 N–H and O–H groups in total. The summed E-state index contributed by atoms with van der Waals surface area (Å²) in [6.07, 6.45) is 0. The third-order valence-corrected chi connectivity index (χ3v) is 5.51. The predicted octanol–water partition coefficient (Wildman–Crippen LogP) is 4.12. The fourth-order valence-electron chi connectivity index (χ4n) is 2.98. The lowest BCUT2D eigenvalue weighted by atomic mass is 10.1. The summed E-state index contributed by atoms with van der Waals surface area (Å²) in [5, 5.41) is 5.47. The molecule has 0 saturated heterocycles. The van der Waals surface area contributed by atoms with Crippen LogP contribution in [0.4, 0.5) is 0 Å². The highest BCUT2D eigenvalue weighted by Crippen LogP contribution is 2.30. The van der Waals surface area contributed by atoms with Gasteiger partial charge in [0.2, 0.25) is 0 Å². The number of methoxy groups -OCH3 is 2. The largest absolute Gasteiger partial charge is 0.493 e. The number of Topliss-reactive ketones (excluding diaryl/α,β-unsaturated/α-hetero) is 1. The van der Waals surface area contributed by atoms with Gasteiger partial charge in [-0.15, -0.1) is 11.3 Å². The first-order chi connectivity index (χ1) is 13.8. The van der Waals surface area contributed by atoms with Crippen molar-refractivity contribution < 1.29 is 23.8 Å². The zero-order chi connectivity index (χ0) is 21.1. The zero-order valence-corrected chi connectivity index (χ0v) is 18.0. The standard InChI is InChI=1S/C21H24N2O5S/c1-12(2)10-23-20-15(13(3)22-23)9-19(29-20)21(25)28-11-16(24)14-6-7-17(26-4)18(8-14)27-5/h6-9,12H,10-11H2,1-5H3. The smallest absolute Gasteiger partial charge is 0.348 e. The molecule has 1 aromatic carbocycles. The maximum absolute atomic E-state index is 12.5. The maximum Gasteiger partial charge on any atom is 0.348 e. The van der Waals surface area contributed by atoms with Gasteiger partial charge in [-0.1, -0.05) is 13.8 Å². The van der Waals surface area contributed by atoms with Gasteiger partial charge in [-0.3, -0.25) is 9.48 Å². The van der Waals surface area contributed by atoms with Gasteiger partial charge >= 0.3 is 5.97 Å². The van der Waals surface area contributed by atoms with E-state index in [0.717, 1.165) is 22.5 Å². The number of aromatic nitrogens is 2. The van der Waals surface area contributed by atoms with Crippen molar-refractivity contribution in [2.45, 2.75) is 27.3 Å². The van der Waals surface area contributed by atoms with Crippen LogP contribution >= 0.6 is 11.3 Å². The summed E-state index contributed by atoms with van der Waals surface area (Å²) >= 11 is 1.33. The molecule has 3 aromatic rings. The third kappa shape index (κ3) is 4.42. The van der Waals surface area contributed by atoms with E-state index in [9.17, 15) is 9.59 Å². The molecule has 2 aromatic heterocycles. The van der Waals surface area contributed by atoms with Gasteiger partial charge in [-0.2, -0.15) is 5.10 Å². The topological polar surface area (TPSA) is 79.7 Å². The van der Waals surface area contributed by atoms with Crippen LogP contribution in [0.3, 0.4) is 0 Å². The van der Waals surface area contributed by atoms with Crippen LogP contribution in [0.15, 0.2) is 24.3 Å². The van der Waals surface area contributed by atoms with Crippen molar-refractivity contribution in [2.24, 2.45) is 5.92 Å². The first-order valence-electron chi connectivity index (χ1n) is 9.23. The Balaban J connectivity index is 1.71. The van der Waals surface area contributed by atoms with Gasteiger partial charge in [0, 0.05) is 17.5 Å². The molecule has 2 heterocycles. The molecular formula is C21H24N2O5S. The van der Waals surface area contributed by atoms with E-state index < -0.39 is 5.97 Å². The Bertz CT molecular complexity index is 1050. The van der Waals surface area contributed by atoms with Gasteiger partial charge in [-0.05, 0) is 37.1 Å². The molecule has 154 valence electrons. The van der Waals surface area contributed by atoms with Crippen LogP contribution in [-0.4, -0.2) is 42.4 Å². The van der Waals surface area contributed by atoms with Gasteiger partial charge < -0.3 is 14.2 Å². The number of ether oxygens (including phenoxy) is 3. The fourth-order valence-corrected chi connectivity index (χ4v) is 4.04. The summed E-state index contributed by atoms with van der Waals surface area (Å²) in [6.45, 7) is 6.58. The molecule has 0 aliphatic carbocycles. The molecule has 0 aliphatic heterocycles. The molecule has 0 amide bonds. The number of hydrogen-bond acceptors (Lipinski definition) is 7. The molecule has 0 spiro atoms. The first-order valence-corrected chi connectivity index (χ1v) is 10.0. The van der Waals surface area contributed by atoms with Crippen molar-refractivity contribution in [3.63, 3.8) is 0 Å². The van der Waals surface area contributed by atoms with E-state index in [-0.39, 0.29) is 12.4 Å². The second-order valence-electron chi connectivity index (χ2n) is 7.06. The first kappa shape index (κ1) is 20.9. The number of carbonyl (C=O) groups excluding carboxylic acids is 2. The normalized spacial score (nSPS) is 11.1. The summed E-state index contributed by atoms with van der Waals surface area (Å²) in [5.74, 6) is 0.573. The molecule has 0 radical (unpaired) electrons. The van der Waals surface area contributed by atoms with Gasteiger partial charge in [0.1, 0.15) is 9.71 Å². The van der Waals surface area contributed by atoms with Crippen LogP contribution in [0, 0.1) is 12.8 Å². The van der Waals surface area contributed by atoms with Gasteiger partial charge in [0.25, 0.3) is 0 Å². The summed E-state index contributed by atoms with van der Waals surface area (Å²) < 4.78 is 17.5. The lowest BCUT2D eigenvalue weighted by Gasteiger charge is -2.09. The van der Waals surface area contributed by atoms with Crippen molar-refractivity contribution in [1.29, 1.82) is 0 Å². The molecule has 0 fully saturated rings. The monoisotopic (exact) mass is 416 g/mol. The fraction of sp³-hybridized carbons (Fsp3) is 0.381. The summed E-state index contributed by atoms with van der Waals surface area (Å²) in [4.78, 5) is 26.3. The predicted molar refractivity (Wildman–Crippen MR) is 111 cm³/mol. The third-order valence-electron chi connectivity index (χ3n) is 4.39. The van der Waals surface area contributed by atoms with Crippen molar-refractivity contribution in [1.82, 2.24) is 9.78 Å². The summed E-state index contributed by atoms with van der Waals surface area (Å²) in [6, 6.07) is 6.60. The Kier molecular flexibility index (Phi) is 6.22. The minimum absolute atomic E-state index is 0.317. The highest BCUT2D eigenvalue weighted by atomic mass is 32.1. The molecule has 0 bridgehead atoms. The average Bonchev–Trinajstić information content (AvgIpc) is 3.26. The molecule has 3 rings (SSSR count). The van der Waals surface area contributed by atoms with Crippen LogP contribution < -0.4 is 9.47 Å². The Morgan fingerprint density at radius 2 is 1.86 bits per heavy atom. The van der Waals surface area contributed by atoms with Crippen LogP contribution in [-0.2, 0) is 11.3 Å². The van der Waals surface area contributed by atoms with E-state index in [1.54, 1.807) is 24.3 Å². The van der Waals surface area contributed by atoms with Crippen LogP contribution in [0.1, 0.15) is 39.6 Å². The number of nitrogens with zero attached hydrogens (tertiary/aromatic N) is 2. The molecule has 29 heavy (non-hydrogen) atoms. The van der Waals surface area contributed by atoms with E-state index >= 15 is 0 Å². The summed E-state index contributed by atoms with van der Waals surface area (Å²) in [7, 11) is 3.02. The molecular weight excluding hydrogens is 392 g/mol. The Morgan fingerprint density at radius 1 is 1.14 bits per heavy atom. The SMILES string of the molecule is COc1ccc(C(=O)COC(=O)c2cc3c(C)nn(CC(C)C)c3s2)cc1OC. The molecule has 8 heteroatoms. The van der Waals surface area contributed by atoms with Crippen LogP contribution in [0.2, 0.25) is 0 Å². The number of aryl methyl sites for hydroxylation is 1. The zero-order valence-electron chi connectivity index (χ0n) is 17.1. The molecule has 7 nitrogen and oxygen atoms in total. The Morgan fingerprint density at radius 3 is 2.52 bits per heavy atom. The van der Waals surface area contributed by atoms with Crippen LogP contribution in [0.25, 0.3) is 10.2 Å². The highest BCUT2D eigenvalue weighted by molar-refractivity contribution is 7.20. The van der Waals surface area contributed by atoms with Gasteiger partial charge in [-0.25, -0.2) is 4.79 Å². The second-order valence-corrected chi connectivity index (χ2v) is 8.09. The lowest BCUT2D eigenvalue weighted by molar-refractivity contribution is 0.0479. The molecule has 0 atom stereocenters. The number of fused-ring (bicyclic) bond motifs is 1. The van der Waals surface area contributed by atoms with Crippen molar-refractivity contribution in [3.05, 3.63) is 40.4 Å². The van der Waals surface area contributed by atoms with Gasteiger partial charge in [0.05, 0.1) is 19.9 Å². The maximum atomic E-state index is 12.5. The van der Waals surface area contributed by atoms with Crippen LogP contribution in [0.5, 0.6) is 11.5 Å². The number of hydrogen-bond donors (Lipinski definition) is 0. The summed E-state index contributed by atoms with van der Waals surface area (Å²) in [5.41, 5.74) is 1.26. The lowest BCUT2D eigenvalue weighted by Crippen LogP contribution is -2.13. The van der Waals surface area contributed by atoms with Crippen molar-refractivity contribution in [3.8, 4) is 11.5 Å². The molecule has 0 unspecified atom stereocenters. The molecule has 0 aliphatic rings. The number of benzene rings is 1. The Labute approximate surface area is 173 Å². The van der Waals surface area contributed by atoms with E-state index in [4.69, 9.17) is 14.2 Å². The minimum atomic E-state index is -0.518. The van der Waals surface area contributed by atoms with E-state index in [1.165, 1.54) is 25.6 Å². The number of esters is 1. The van der Waals surface area contributed by atoms with E-state index in [1.807, 2.05) is 11.6 Å². The second kappa shape index (κ2) is 8.65. The van der Waals surface area contributed by atoms with Gasteiger partial charge in [0.15, 0.2) is 23.9 Å². The number of thiophene rings is 1. The number of carbonyl (C=O) groups is 2. The van der Waals surface area contributed by atoms with E-state index in [0.29, 0.717) is 27.9 Å². The highest BCUT2D eigenvalue weighted by Gasteiger charge is 2.19. The Hall–Kier alpha value is -2.87. The quantitative estimate of drug-likeness (QED) is 0.406. The van der Waals surface area contributed by atoms with E-state index in [2.05, 4.69) is 18.9 Å². The van der Waals surface area contributed by atoms with Crippen molar-refractivity contribution in [2.75, 3.05) is 20.8 Å². The average molecular weight is 416 g/mol.